The van der Waals surface area contributed by atoms with Crippen LogP contribution in [0.4, 0.5) is 5.69 Å². The van der Waals surface area contributed by atoms with E-state index < -0.39 is 0 Å². The highest BCUT2D eigenvalue weighted by Gasteiger charge is 2.30. The molecule has 0 aromatic heterocycles. The van der Waals surface area contributed by atoms with E-state index in [9.17, 15) is 4.79 Å². The number of amides is 1. The van der Waals surface area contributed by atoms with Crippen LogP contribution in [-0.2, 0) is 4.79 Å². The molecule has 21 heavy (non-hydrogen) atoms. The molecule has 0 radical (unpaired) electrons. The fourth-order valence-corrected chi connectivity index (χ4v) is 2.74. The molecule has 2 aromatic carbocycles. The van der Waals surface area contributed by atoms with E-state index in [-0.39, 0.29) is 11.3 Å². The van der Waals surface area contributed by atoms with Crippen LogP contribution in [0.2, 0.25) is 0 Å². The molecule has 4 heteroatoms. The number of nitrogens with zero attached hydrogens (tertiary/aromatic N) is 1. The second kappa shape index (κ2) is 5.78. The molecule has 1 atom stereocenters. The second-order valence-corrected chi connectivity index (χ2v) is 5.81. The lowest BCUT2D eigenvalue weighted by molar-refractivity contribution is -0.117. The van der Waals surface area contributed by atoms with Crippen LogP contribution in [0.5, 0.6) is 11.5 Å². The van der Waals surface area contributed by atoms with Gasteiger partial charge in [0.2, 0.25) is 5.91 Å². The molecule has 1 unspecified atom stereocenters. The highest BCUT2D eigenvalue weighted by molar-refractivity contribution is 6.24. The van der Waals surface area contributed by atoms with Gasteiger partial charge >= 0.3 is 0 Å². The molecule has 1 aliphatic heterocycles. The van der Waals surface area contributed by atoms with E-state index in [1.54, 1.807) is 4.90 Å². The summed E-state index contributed by atoms with van der Waals surface area (Å²) in [4.78, 5) is 13.7. The summed E-state index contributed by atoms with van der Waals surface area (Å²) < 4.78 is 5.95. The normalized spacial score (nSPS) is 18.1. The third-order valence-electron chi connectivity index (χ3n) is 3.45. The fraction of sp³-hybridized carbons (Fsp3) is 0.235. The first-order chi connectivity index (χ1) is 10.1. The van der Waals surface area contributed by atoms with Crippen LogP contribution in [0.3, 0.4) is 0 Å². The average molecular weight is 302 g/mol. The predicted octanol–water partition coefficient (Wildman–Crippen LogP) is 4.13. The van der Waals surface area contributed by atoms with E-state index in [1.165, 1.54) is 0 Å². The van der Waals surface area contributed by atoms with Crippen LogP contribution in [0.1, 0.15) is 12.0 Å². The Morgan fingerprint density at radius 2 is 2.00 bits per heavy atom. The molecule has 0 N–H and O–H groups in total. The lowest BCUT2D eigenvalue weighted by atomic mass is 10.2. The highest BCUT2D eigenvalue weighted by atomic mass is 35.5. The molecule has 2 aromatic rings. The summed E-state index contributed by atoms with van der Waals surface area (Å²) in [6.45, 7) is 2.54. The number of rotatable bonds is 3. The first kappa shape index (κ1) is 14.0. The Kier molecular flexibility index (Phi) is 3.84. The van der Waals surface area contributed by atoms with Crippen LogP contribution in [0.25, 0.3) is 0 Å². The van der Waals surface area contributed by atoms with Crippen molar-refractivity contribution in [2.24, 2.45) is 0 Å². The quantitative estimate of drug-likeness (QED) is 0.798. The zero-order valence-electron chi connectivity index (χ0n) is 11.8. The van der Waals surface area contributed by atoms with Gasteiger partial charge in [0, 0.05) is 13.0 Å². The van der Waals surface area contributed by atoms with Gasteiger partial charge in [-0.2, -0.15) is 0 Å². The van der Waals surface area contributed by atoms with Gasteiger partial charge in [0.15, 0.2) is 5.75 Å². The number of anilines is 1. The minimum absolute atomic E-state index is 0.0373. The second-order valence-electron chi connectivity index (χ2n) is 5.19. The minimum atomic E-state index is -0.135. The van der Waals surface area contributed by atoms with Crippen LogP contribution < -0.4 is 9.64 Å². The molecular weight excluding hydrogens is 286 g/mol. The van der Waals surface area contributed by atoms with Gasteiger partial charge in [-0.1, -0.05) is 24.3 Å². The molecule has 3 nitrogen and oxygen atoms in total. The van der Waals surface area contributed by atoms with Crippen molar-refractivity contribution in [1.82, 2.24) is 0 Å². The van der Waals surface area contributed by atoms with Crippen LogP contribution >= 0.6 is 11.6 Å². The molecule has 1 saturated heterocycles. The van der Waals surface area contributed by atoms with Crippen molar-refractivity contribution in [1.29, 1.82) is 0 Å². The van der Waals surface area contributed by atoms with E-state index >= 15 is 0 Å². The van der Waals surface area contributed by atoms with E-state index in [2.05, 4.69) is 0 Å². The molecular formula is C17H16ClNO2. The topological polar surface area (TPSA) is 29.5 Å². The lowest BCUT2D eigenvalue weighted by Crippen LogP contribution is -2.24. The van der Waals surface area contributed by atoms with E-state index in [0.29, 0.717) is 18.7 Å². The summed E-state index contributed by atoms with van der Waals surface area (Å²) in [7, 11) is 0. The maximum atomic E-state index is 12.0. The van der Waals surface area contributed by atoms with E-state index in [1.807, 2.05) is 55.5 Å². The number of benzene rings is 2. The van der Waals surface area contributed by atoms with Crippen LogP contribution in [0, 0.1) is 6.92 Å². The van der Waals surface area contributed by atoms with Gasteiger partial charge < -0.3 is 9.64 Å². The zero-order chi connectivity index (χ0) is 14.8. The molecule has 3 rings (SSSR count). The Labute approximate surface area is 129 Å². The standard InChI is InChI=1S/C17H16ClNO2/c1-12-5-4-6-14(9-12)21-16-8-3-2-7-15(16)19-11-13(18)10-17(19)20/h2-9,13H,10-11H2,1H3. The zero-order valence-corrected chi connectivity index (χ0v) is 12.5. The monoisotopic (exact) mass is 301 g/mol. The van der Waals surface area contributed by atoms with Gasteiger partial charge in [0.05, 0.1) is 11.1 Å². The van der Waals surface area contributed by atoms with Gasteiger partial charge in [-0.25, -0.2) is 0 Å². The number of hydrogen-bond donors (Lipinski definition) is 0. The number of hydrogen-bond acceptors (Lipinski definition) is 2. The van der Waals surface area contributed by atoms with Crippen molar-refractivity contribution < 1.29 is 9.53 Å². The van der Waals surface area contributed by atoms with Gasteiger partial charge in [0.25, 0.3) is 0 Å². The first-order valence-corrected chi connectivity index (χ1v) is 7.35. The third kappa shape index (κ3) is 3.03. The van der Waals surface area contributed by atoms with Crippen molar-refractivity contribution in [2.75, 3.05) is 11.4 Å². The summed E-state index contributed by atoms with van der Waals surface area (Å²) in [6.07, 6.45) is 0.375. The lowest BCUT2D eigenvalue weighted by Gasteiger charge is -2.19. The van der Waals surface area contributed by atoms with Crippen molar-refractivity contribution >= 4 is 23.2 Å². The maximum absolute atomic E-state index is 12.0. The molecule has 1 fully saturated rings. The SMILES string of the molecule is Cc1cccc(Oc2ccccc2N2CC(Cl)CC2=O)c1. The number of halogens is 1. The van der Waals surface area contributed by atoms with Gasteiger partial charge in [-0.3, -0.25) is 4.79 Å². The first-order valence-electron chi connectivity index (χ1n) is 6.91. The van der Waals surface area contributed by atoms with Crippen molar-refractivity contribution in [3.63, 3.8) is 0 Å². The predicted molar refractivity (Wildman–Crippen MR) is 84.3 cm³/mol. The van der Waals surface area contributed by atoms with E-state index in [4.69, 9.17) is 16.3 Å². The summed E-state index contributed by atoms with van der Waals surface area (Å²) in [6, 6.07) is 15.4. The number of ether oxygens (including phenoxy) is 1. The van der Waals surface area contributed by atoms with Crippen LogP contribution in [0.15, 0.2) is 48.5 Å². The van der Waals surface area contributed by atoms with Gasteiger partial charge in [-0.15, -0.1) is 11.6 Å². The van der Waals surface area contributed by atoms with Gasteiger partial charge in [0.1, 0.15) is 5.75 Å². The summed E-state index contributed by atoms with van der Waals surface area (Å²) in [5, 5.41) is -0.135. The Balaban J connectivity index is 1.91. The molecule has 1 amide bonds. The minimum Gasteiger partial charge on any atom is -0.455 e. The third-order valence-corrected chi connectivity index (χ3v) is 3.74. The molecule has 0 aliphatic carbocycles. The van der Waals surface area contributed by atoms with Crippen molar-refractivity contribution in [3.8, 4) is 11.5 Å². The Bertz CT molecular complexity index is 671. The number of aryl methyl sites for hydroxylation is 1. The Morgan fingerprint density at radius 1 is 1.19 bits per heavy atom. The number of para-hydroxylation sites is 2. The smallest absolute Gasteiger partial charge is 0.228 e. The van der Waals surface area contributed by atoms with Crippen molar-refractivity contribution in [2.45, 2.75) is 18.7 Å². The summed E-state index contributed by atoms with van der Waals surface area (Å²) in [5.41, 5.74) is 1.90. The highest BCUT2D eigenvalue weighted by Crippen LogP contribution is 2.35. The van der Waals surface area contributed by atoms with Crippen molar-refractivity contribution in [3.05, 3.63) is 54.1 Å². The molecule has 108 valence electrons. The molecule has 1 heterocycles. The number of carbonyl (C=O) groups excluding carboxylic acids is 1. The summed E-state index contributed by atoms with van der Waals surface area (Å²) >= 11 is 6.08. The largest absolute Gasteiger partial charge is 0.455 e. The Hall–Kier alpha value is -2.00. The van der Waals surface area contributed by atoms with Crippen LogP contribution in [-0.4, -0.2) is 17.8 Å². The molecule has 0 saturated carbocycles. The van der Waals surface area contributed by atoms with Gasteiger partial charge in [-0.05, 0) is 36.8 Å². The fourth-order valence-electron chi connectivity index (χ4n) is 2.47. The Morgan fingerprint density at radius 3 is 2.71 bits per heavy atom. The number of alkyl halides is 1. The molecule has 1 aliphatic rings. The molecule has 0 spiro atoms. The van der Waals surface area contributed by atoms with E-state index in [0.717, 1.165) is 17.0 Å². The average Bonchev–Trinajstić information content (AvgIpc) is 2.78. The maximum Gasteiger partial charge on any atom is 0.228 e. The summed E-state index contributed by atoms with van der Waals surface area (Å²) in [5.74, 6) is 1.47. The number of carbonyl (C=O) groups is 1. The molecule has 0 bridgehead atoms.